The van der Waals surface area contributed by atoms with E-state index in [2.05, 4.69) is 10.00 Å². The van der Waals surface area contributed by atoms with Gasteiger partial charge in [0.05, 0.1) is 36.1 Å². The number of amides is 1. The highest BCUT2D eigenvalue weighted by atomic mass is 19.1. The number of carbonyl (C=O) groups excluding carboxylic acids is 2. The third-order valence-corrected chi connectivity index (χ3v) is 6.46. The Kier molecular flexibility index (Phi) is 6.62. The number of rotatable bonds is 6. The summed E-state index contributed by atoms with van der Waals surface area (Å²) in [4.78, 5) is 29.8. The van der Waals surface area contributed by atoms with Gasteiger partial charge in [-0.25, -0.2) is 4.39 Å². The predicted octanol–water partition coefficient (Wildman–Crippen LogP) is 2.32. The average Bonchev–Trinajstić information content (AvgIpc) is 3.20. The molecule has 9 heteroatoms. The summed E-state index contributed by atoms with van der Waals surface area (Å²) < 4.78 is 21.9. The zero-order chi connectivity index (χ0) is 23.7. The van der Waals surface area contributed by atoms with Crippen molar-refractivity contribution in [3.63, 3.8) is 0 Å². The van der Waals surface area contributed by atoms with Gasteiger partial charge in [-0.3, -0.25) is 19.2 Å². The van der Waals surface area contributed by atoms with Crippen molar-refractivity contribution in [3.8, 4) is 0 Å². The molecule has 1 atom stereocenters. The van der Waals surface area contributed by atoms with E-state index < -0.39 is 23.5 Å². The Morgan fingerprint density at radius 2 is 1.88 bits per heavy atom. The van der Waals surface area contributed by atoms with Gasteiger partial charge >= 0.3 is 0 Å². The van der Waals surface area contributed by atoms with Gasteiger partial charge in [0, 0.05) is 44.5 Å². The number of morpholine rings is 1. The van der Waals surface area contributed by atoms with Gasteiger partial charge in [0.15, 0.2) is 0 Å². The second-order valence-electron chi connectivity index (χ2n) is 8.49. The van der Waals surface area contributed by atoms with Crippen molar-refractivity contribution >= 4 is 17.4 Å². The van der Waals surface area contributed by atoms with Crippen LogP contribution in [-0.2, 0) is 21.4 Å². The molecule has 0 unspecified atom stereocenters. The van der Waals surface area contributed by atoms with E-state index in [1.165, 1.54) is 11.0 Å². The van der Waals surface area contributed by atoms with E-state index in [0.29, 0.717) is 36.6 Å². The number of carbonyl (C=O) groups is 2. The second kappa shape index (κ2) is 9.44. The molecule has 2 fully saturated rings. The van der Waals surface area contributed by atoms with Crippen LogP contribution in [0.4, 0.5) is 4.39 Å². The highest BCUT2D eigenvalue weighted by molar-refractivity contribution is 6.46. The lowest BCUT2D eigenvalue weighted by Crippen LogP contribution is -2.39. The van der Waals surface area contributed by atoms with Crippen LogP contribution in [0.1, 0.15) is 35.0 Å². The van der Waals surface area contributed by atoms with Gasteiger partial charge in [0.2, 0.25) is 0 Å². The van der Waals surface area contributed by atoms with Crippen LogP contribution in [0.2, 0.25) is 0 Å². The number of likely N-dealkylation sites (tertiary alicyclic amines) is 1. The van der Waals surface area contributed by atoms with Crippen molar-refractivity contribution < 1.29 is 23.8 Å². The number of hydrogen-bond donors (Lipinski definition) is 1. The quantitative estimate of drug-likeness (QED) is 0.408. The first kappa shape index (κ1) is 23.1. The predicted molar refractivity (Wildman–Crippen MR) is 120 cm³/mol. The molecule has 3 heterocycles. The average molecular weight is 457 g/mol. The number of aromatic nitrogens is 2. The summed E-state index contributed by atoms with van der Waals surface area (Å²) in [6.45, 7) is 7.46. The molecule has 1 aromatic carbocycles. The number of halogens is 1. The summed E-state index contributed by atoms with van der Waals surface area (Å²) >= 11 is 0. The molecule has 0 bridgehead atoms. The van der Waals surface area contributed by atoms with Crippen LogP contribution in [0.25, 0.3) is 5.76 Å². The molecule has 4 rings (SSSR count). The van der Waals surface area contributed by atoms with E-state index in [-0.39, 0.29) is 23.4 Å². The number of hydrogen-bond acceptors (Lipinski definition) is 6. The number of nitrogens with zero attached hydrogens (tertiary/aromatic N) is 4. The molecule has 2 aliphatic heterocycles. The fourth-order valence-corrected chi connectivity index (χ4v) is 4.67. The minimum Gasteiger partial charge on any atom is -0.507 e. The number of aryl methyl sites for hydroxylation is 2. The van der Waals surface area contributed by atoms with E-state index in [0.717, 1.165) is 19.6 Å². The third-order valence-electron chi connectivity index (χ3n) is 6.46. The molecule has 2 saturated heterocycles. The van der Waals surface area contributed by atoms with Crippen LogP contribution in [0.15, 0.2) is 29.8 Å². The Morgan fingerprint density at radius 1 is 1.18 bits per heavy atom. The zero-order valence-electron chi connectivity index (χ0n) is 19.2. The smallest absolute Gasteiger partial charge is 0.295 e. The number of benzene rings is 1. The van der Waals surface area contributed by atoms with Crippen molar-refractivity contribution in [1.29, 1.82) is 0 Å². The molecular weight excluding hydrogens is 427 g/mol. The van der Waals surface area contributed by atoms with Crippen molar-refractivity contribution in [2.45, 2.75) is 26.3 Å². The van der Waals surface area contributed by atoms with E-state index in [4.69, 9.17) is 4.74 Å². The maximum Gasteiger partial charge on any atom is 0.295 e. The maximum atomic E-state index is 14.9. The number of Topliss-reactive ketones (excluding diaryl/α,β-unsaturated/α-hetero) is 1. The first-order chi connectivity index (χ1) is 15.8. The largest absolute Gasteiger partial charge is 0.507 e. The topological polar surface area (TPSA) is 87.9 Å². The van der Waals surface area contributed by atoms with Gasteiger partial charge in [0.1, 0.15) is 11.6 Å². The van der Waals surface area contributed by atoms with Crippen LogP contribution >= 0.6 is 0 Å². The molecule has 2 aromatic rings. The van der Waals surface area contributed by atoms with Gasteiger partial charge in [-0.05, 0) is 26.3 Å². The summed E-state index contributed by atoms with van der Waals surface area (Å²) in [5, 5.41) is 15.5. The first-order valence-electron chi connectivity index (χ1n) is 11.1. The lowest BCUT2D eigenvalue weighted by molar-refractivity contribution is -0.140. The van der Waals surface area contributed by atoms with Crippen molar-refractivity contribution in [2.24, 2.45) is 7.05 Å². The Morgan fingerprint density at radius 3 is 2.52 bits per heavy atom. The highest BCUT2D eigenvalue weighted by Crippen LogP contribution is 2.41. The molecule has 0 spiro atoms. The van der Waals surface area contributed by atoms with Crippen molar-refractivity contribution in [2.75, 3.05) is 39.4 Å². The number of ether oxygens (including phenoxy) is 1. The molecule has 8 nitrogen and oxygen atoms in total. The highest BCUT2D eigenvalue weighted by Gasteiger charge is 2.47. The summed E-state index contributed by atoms with van der Waals surface area (Å²) in [5.41, 5.74) is 1.65. The molecule has 0 aliphatic carbocycles. The molecule has 0 saturated carbocycles. The number of aliphatic hydroxyl groups is 1. The summed E-state index contributed by atoms with van der Waals surface area (Å²) in [6.07, 6.45) is 0.614. The molecule has 1 aromatic heterocycles. The minimum absolute atomic E-state index is 0.101. The third kappa shape index (κ3) is 4.30. The van der Waals surface area contributed by atoms with Gasteiger partial charge in [-0.15, -0.1) is 0 Å². The van der Waals surface area contributed by atoms with Crippen LogP contribution in [0.3, 0.4) is 0 Å². The van der Waals surface area contributed by atoms with E-state index in [1.54, 1.807) is 43.8 Å². The normalized spacial score (nSPS) is 21.2. The Bertz CT molecular complexity index is 1100. The van der Waals surface area contributed by atoms with Crippen LogP contribution in [0, 0.1) is 19.7 Å². The lowest BCUT2D eigenvalue weighted by atomic mass is 9.94. The van der Waals surface area contributed by atoms with Gasteiger partial charge in [-0.2, -0.15) is 5.10 Å². The monoisotopic (exact) mass is 456 g/mol. The molecule has 33 heavy (non-hydrogen) atoms. The standard InChI is InChI=1S/C24H29FN4O4/c1-15-19(16(2)27(3)26-15)22(30)20-21(17-7-4-5-8-18(17)25)29(24(32)23(20)31)10-6-9-28-11-13-33-14-12-28/h4-5,7-8,21,30H,6,9-14H2,1-3H3/b22-20+/t21-/m1/s1. The molecule has 0 radical (unpaired) electrons. The first-order valence-corrected chi connectivity index (χ1v) is 11.1. The van der Waals surface area contributed by atoms with Crippen molar-refractivity contribution in [1.82, 2.24) is 19.6 Å². The zero-order valence-corrected chi connectivity index (χ0v) is 19.2. The second-order valence-corrected chi connectivity index (χ2v) is 8.49. The van der Waals surface area contributed by atoms with E-state index in [1.807, 2.05) is 0 Å². The SMILES string of the molecule is Cc1nn(C)c(C)c1/C(O)=C1\C(=O)C(=O)N(CCCN2CCOCC2)[C@@H]1c1ccccc1F. The van der Waals surface area contributed by atoms with E-state index in [9.17, 15) is 19.1 Å². The minimum atomic E-state index is -1.00. The summed E-state index contributed by atoms with van der Waals surface area (Å²) in [5.74, 6) is -2.39. The Hall–Kier alpha value is -3.04. The fourth-order valence-electron chi connectivity index (χ4n) is 4.67. The maximum absolute atomic E-state index is 14.9. The van der Waals surface area contributed by atoms with Crippen LogP contribution in [0.5, 0.6) is 0 Å². The Balaban J connectivity index is 1.73. The van der Waals surface area contributed by atoms with Gasteiger partial charge in [0.25, 0.3) is 11.7 Å². The molecular formula is C24H29FN4O4. The molecule has 1 amide bonds. The van der Waals surface area contributed by atoms with Crippen molar-refractivity contribution in [3.05, 3.63) is 58.2 Å². The lowest BCUT2D eigenvalue weighted by Gasteiger charge is -2.29. The molecule has 1 N–H and O–H groups in total. The van der Waals surface area contributed by atoms with Crippen LogP contribution < -0.4 is 0 Å². The van der Waals surface area contributed by atoms with Crippen LogP contribution in [-0.4, -0.2) is 75.8 Å². The summed E-state index contributed by atoms with van der Waals surface area (Å²) in [6, 6.07) is 5.06. The number of aliphatic hydroxyl groups excluding tert-OH is 1. The molecule has 176 valence electrons. The Labute approximate surface area is 192 Å². The molecule has 2 aliphatic rings. The number of ketones is 1. The fraction of sp³-hybridized carbons (Fsp3) is 0.458. The van der Waals surface area contributed by atoms with Gasteiger partial charge < -0.3 is 14.7 Å². The summed E-state index contributed by atoms with van der Waals surface area (Å²) in [7, 11) is 1.73. The van der Waals surface area contributed by atoms with Gasteiger partial charge in [-0.1, -0.05) is 18.2 Å². The van der Waals surface area contributed by atoms with E-state index >= 15 is 0 Å².